The predicted octanol–water partition coefficient (Wildman–Crippen LogP) is 5.13. The van der Waals surface area contributed by atoms with Gasteiger partial charge in [0.1, 0.15) is 0 Å². The highest BCUT2D eigenvalue weighted by atomic mass is 35.5. The molecule has 2 heterocycles. The number of hydrogen-bond acceptors (Lipinski definition) is 3. The van der Waals surface area contributed by atoms with Crippen molar-refractivity contribution >= 4 is 46.6 Å². The van der Waals surface area contributed by atoms with Crippen molar-refractivity contribution in [3.63, 3.8) is 0 Å². The second kappa shape index (κ2) is 7.18. The Morgan fingerprint density at radius 2 is 1.77 bits per heavy atom. The Labute approximate surface area is 184 Å². The molecule has 2 amide bonds. The number of benzene rings is 3. The first kappa shape index (κ1) is 19.2. The van der Waals surface area contributed by atoms with Gasteiger partial charge in [0.25, 0.3) is 5.91 Å². The van der Waals surface area contributed by atoms with Gasteiger partial charge in [0.15, 0.2) is 0 Å². The average Bonchev–Trinajstić information content (AvgIpc) is 3.21. The van der Waals surface area contributed by atoms with Crippen LogP contribution in [0.25, 0.3) is 0 Å². The summed E-state index contributed by atoms with van der Waals surface area (Å²) in [5.41, 5.74) is 4.55. The van der Waals surface area contributed by atoms with Gasteiger partial charge in [-0.05, 0) is 36.8 Å². The molecule has 0 aromatic heterocycles. The standard InChI is InChI=1S/C24H19ClN2O2S/c1-16-9-11-17(12-10-16)14-26-21-8-3-2-7-20(21)24(23(26)29)27(22(28)15-30-24)19-6-4-5-18(25)13-19/h2-13H,14-15H2,1H3/t24-/m0/s1. The molecule has 0 aliphatic carbocycles. The summed E-state index contributed by atoms with van der Waals surface area (Å²) in [7, 11) is 0. The number of carbonyl (C=O) groups excluding carboxylic acids is 2. The minimum atomic E-state index is -1.11. The van der Waals surface area contributed by atoms with Gasteiger partial charge in [0.2, 0.25) is 10.8 Å². The van der Waals surface area contributed by atoms with Crippen LogP contribution in [0.5, 0.6) is 0 Å². The van der Waals surface area contributed by atoms with Crippen molar-refractivity contribution in [1.82, 2.24) is 0 Å². The molecule has 2 aliphatic rings. The van der Waals surface area contributed by atoms with Crippen LogP contribution in [0.1, 0.15) is 16.7 Å². The van der Waals surface area contributed by atoms with E-state index in [0.717, 1.165) is 16.8 Å². The zero-order valence-electron chi connectivity index (χ0n) is 16.3. The van der Waals surface area contributed by atoms with E-state index in [1.54, 1.807) is 28.0 Å². The Balaban J connectivity index is 1.64. The van der Waals surface area contributed by atoms with Gasteiger partial charge < -0.3 is 4.90 Å². The van der Waals surface area contributed by atoms with E-state index in [1.807, 2.05) is 61.5 Å². The Morgan fingerprint density at radius 1 is 1.00 bits per heavy atom. The molecule has 0 N–H and O–H groups in total. The van der Waals surface area contributed by atoms with E-state index in [-0.39, 0.29) is 17.6 Å². The van der Waals surface area contributed by atoms with Crippen LogP contribution in [0.15, 0.2) is 72.8 Å². The molecule has 1 spiro atoms. The summed E-state index contributed by atoms with van der Waals surface area (Å²) in [6.45, 7) is 2.49. The average molecular weight is 435 g/mol. The smallest absolute Gasteiger partial charge is 0.269 e. The zero-order valence-corrected chi connectivity index (χ0v) is 17.9. The summed E-state index contributed by atoms with van der Waals surface area (Å²) < 4.78 is 0. The molecule has 0 bridgehead atoms. The summed E-state index contributed by atoms with van der Waals surface area (Å²) in [4.78, 5) is 29.3. The van der Waals surface area contributed by atoms with Gasteiger partial charge in [0.05, 0.1) is 18.0 Å². The number of halogens is 1. The molecule has 1 saturated heterocycles. The summed E-state index contributed by atoms with van der Waals surface area (Å²) in [6, 6.07) is 23.1. The fourth-order valence-corrected chi connectivity index (χ4v) is 5.75. The Hall–Kier alpha value is -2.76. The van der Waals surface area contributed by atoms with E-state index in [9.17, 15) is 9.59 Å². The number of thioether (sulfide) groups is 1. The van der Waals surface area contributed by atoms with Gasteiger partial charge in [0, 0.05) is 16.3 Å². The first-order valence-corrected chi connectivity index (χ1v) is 11.1. The SMILES string of the molecule is Cc1ccc(CN2C(=O)[C@@]3(SCC(=O)N3c3cccc(Cl)c3)c3ccccc32)cc1. The van der Waals surface area contributed by atoms with Gasteiger partial charge in [-0.3, -0.25) is 14.5 Å². The second-order valence-electron chi connectivity index (χ2n) is 7.54. The molecule has 30 heavy (non-hydrogen) atoms. The van der Waals surface area contributed by atoms with E-state index in [4.69, 9.17) is 11.6 Å². The number of amides is 2. The topological polar surface area (TPSA) is 40.6 Å². The Bertz CT molecular complexity index is 1160. The maximum Gasteiger partial charge on any atom is 0.269 e. The van der Waals surface area contributed by atoms with Gasteiger partial charge in [-0.15, -0.1) is 11.8 Å². The number of aryl methyl sites for hydroxylation is 1. The summed E-state index contributed by atoms with van der Waals surface area (Å²) in [5.74, 6) is 0.0491. The number of fused-ring (bicyclic) bond motifs is 2. The third kappa shape index (κ3) is 2.84. The number of para-hydroxylation sites is 1. The van der Waals surface area contributed by atoms with Crippen molar-refractivity contribution < 1.29 is 9.59 Å². The van der Waals surface area contributed by atoms with E-state index in [2.05, 4.69) is 0 Å². The number of rotatable bonds is 3. The van der Waals surface area contributed by atoms with Crippen LogP contribution in [0.4, 0.5) is 11.4 Å². The first-order valence-electron chi connectivity index (χ1n) is 9.70. The summed E-state index contributed by atoms with van der Waals surface area (Å²) in [5, 5.41) is 0.530. The quantitative estimate of drug-likeness (QED) is 0.574. The van der Waals surface area contributed by atoms with Crippen LogP contribution in [-0.2, 0) is 21.0 Å². The highest BCUT2D eigenvalue weighted by Gasteiger charge is 2.60. The van der Waals surface area contributed by atoms with Crippen molar-refractivity contribution in [3.8, 4) is 0 Å². The minimum Gasteiger partial charge on any atom is -0.304 e. The van der Waals surface area contributed by atoms with Gasteiger partial charge in [-0.1, -0.05) is 65.7 Å². The Morgan fingerprint density at radius 3 is 2.53 bits per heavy atom. The first-order chi connectivity index (χ1) is 14.5. The molecular weight excluding hydrogens is 416 g/mol. The van der Waals surface area contributed by atoms with Gasteiger partial charge >= 0.3 is 0 Å². The molecule has 5 rings (SSSR count). The van der Waals surface area contributed by atoms with Crippen LogP contribution in [-0.4, -0.2) is 17.6 Å². The molecule has 3 aromatic rings. The third-order valence-corrected chi connectivity index (χ3v) is 7.21. The van der Waals surface area contributed by atoms with E-state index < -0.39 is 4.87 Å². The molecular formula is C24H19ClN2O2S. The molecule has 0 radical (unpaired) electrons. The molecule has 4 nitrogen and oxygen atoms in total. The largest absolute Gasteiger partial charge is 0.304 e. The van der Waals surface area contributed by atoms with Crippen LogP contribution in [0.2, 0.25) is 5.02 Å². The van der Waals surface area contributed by atoms with E-state index in [0.29, 0.717) is 17.3 Å². The lowest BCUT2D eigenvalue weighted by molar-refractivity contribution is -0.123. The van der Waals surface area contributed by atoms with Crippen LogP contribution in [0, 0.1) is 6.92 Å². The van der Waals surface area contributed by atoms with Crippen molar-refractivity contribution in [2.24, 2.45) is 0 Å². The fourth-order valence-electron chi connectivity index (χ4n) is 4.20. The van der Waals surface area contributed by atoms with E-state index in [1.165, 1.54) is 17.3 Å². The lowest BCUT2D eigenvalue weighted by atomic mass is 10.0. The third-order valence-electron chi connectivity index (χ3n) is 5.59. The highest BCUT2D eigenvalue weighted by Crippen LogP contribution is 2.56. The predicted molar refractivity (Wildman–Crippen MR) is 122 cm³/mol. The fraction of sp³-hybridized carbons (Fsp3) is 0.167. The molecule has 150 valence electrons. The minimum absolute atomic E-state index is 0.0948. The van der Waals surface area contributed by atoms with Crippen molar-refractivity contribution in [2.75, 3.05) is 15.6 Å². The molecule has 0 unspecified atom stereocenters. The van der Waals surface area contributed by atoms with Crippen molar-refractivity contribution in [2.45, 2.75) is 18.3 Å². The number of hydrogen-bond donors (Lipinski definition) is 0. The molecule has 0 saturated carbocycles. The number of nitrogens with zero attached hydrogens (tertiary/aromatic N) is 2. The van der Waals surface area contributed by atoms with Crippen LogP contribution < -0.4 is 9.80 Å². The summed E-state index contributed by atoms with van der Waals surface area (Å²) in [6.07, 6.45) is 0. The Kier molecular flexibility index (Phi) is 4.60. The number of anilines is 2. The van der Waals surface area contributed by atoms with E-state index >= 15 is 0 Å². The molecule has 1 atom stereocenters. The number of carbonyl (C=O) groups is 2. The molecule has 6 heteroatoms. The molecule has 3 aromatic carbocycles. The van der Waals surface area contributed by atoms with Crippen LogP contribution in [0.3, 0.4) is 0 Å². The van der Waals surface area contributed by atoms with Crippen molar-refractivity contribution in [3.05, 3.63) is 94.5 Å². The summed E-state index contributed by atoms with van der Waals surface area (Å²) >= 11 is 7.59. The second-order valence-corrected chi connectivity index (χ2v) is 9.14. The molecule has 1 fully saturated rings. The van der Waals surface area contributed by atoms with Crippen LogP contribution >= 0.6 is 23.4 Å². The zero-order chi connectivity index (χ0) is 20.9. The maximum atomic E-state index is 14.0. The highest BCUT2D eigenvalue weighted by molar-refractivity contribution is 8.02. The monoisotopic (exact) mass is 434 g/mol. The maximum absolute atomic E-state index is 14.0. The molecule has 2 aliphatic heterocycles. The lowest BCUT2D eigenvalue weighted by Gasteiger charge is -2.33. The lowest BCUT2D eigenvalue weighted by Crippen LogP contribution is -2.49. The van der Waals surface area contributed by atoms with Gasteiger partial charge in [-0.2, -0.15) is 0 Å². The van der Waals surface area contributed by atoms with Gasteiger partial charge in [-0.25, -0.2) is 0 Å². The van der Waals surface area contributed by atoms with Crippen molar-refractivity contribution in [1.29, 1.82) is 0 Å². The normalized spacial score (nSPS) is 20.3.